The molecule has 11 saturated heterocycles. The molecule has 0 aromatic carbocycles. The predicted molar refractivity (Wildman–Crippen MR) is 456 cm³/mol. The number of nitrogens with one attached hydrogen (secondary N) is 6. The van der Waals surface area contributed by atoms with Gasteiger partial charge in [-0.1, -0.05) is 0 Å². The molecule has 68 heteroatoms. The van der Waals surface area contributed by atoms with Crippen molar-refractivity contribution in [1.82, 2.24) is 31.9 Å². The molecule has 0 aromatic rings. The van der Waals surface area contributed by atoms with E-state index in [1.165, 1.54) is 0 Å². The number of carbonyl (C=O) groups is 7. The summed E-state index contributed by atoms with van der Waals surface area (Å²) in [6.07, 6.45) is -111. The molecule has 148 heavy (non-hydrogen) atoms. The van der Waals surface area contributed by atoms with Gasteiger partial charge in [0.05, 0.1) is 72.7 Å². The molecule has 854 valence electrons. The van der Waals surface area contributed by atoms with Crippen molar-refractivity contribution >= 4 is 49.2 Å². The Bertz CT molecular complexity index is 4290. The van der Waals surface area contributed by atoms with E-state index in [1.54, 1.807) is 0 Å². The standard InChI is InChI=1S/C80H134N7O60P/c1-19(96)82-35-48(109)59(30(14-93)128-70(35)122)138-72-37(84-21(3)98)50(111)61(32(16-95)134-72)141-78-58(119)65(46(107)33(136-78)17-125-79-67(53(114)42(103)26(10-89)132-79)146-73-38(85-22(4)99)49(110)60(31(15-94)135-73)139-71-36(83-20(2)97)47(108)41(102)25(9-88)129-71)144-80-68(54(115)43(104)27(11-90)133-80)147-74-39(86-23(5)100)51(112)62(34(137-74)18-127-148(123,124)126-8-7-81)140-75-40(87-24(6)101)63(44(105)28(12-91)130-75)142-77-57(118)64(45(106)29(13-92)131-77)143-76-56(117)52(113)55(116)66(145-76)69(120)121/h25-68,70-80,88-95,102-119,122H,7-18,81H2,1-6H3,(H,82,96)(H,83,97)(H,84,98)(H,85,99)(H,86,100)(H,87,101)(H,120,121)(H,123,124)/t25-,26-,27-,28-,29-,30-,31-,32-,33-,34-,35-,36-,37-,38-,39-,40-,41+,42-,43-,44+,45+,46-,47-,48-,49-,50-,51-,52+,53+,54+,55+,56-,57-,58+,59-,60-,61-,62-,63-,64+,65+,66+,67+,68+,70-,71+,72+,73+,74+,75+,76-,77+,78+,79+,80-/m1/s1. The monoisotopic (exact) mass is 2180 g/mol. The van der Waals surface area contributed by atoms with Gasteiger partial charge in [0.25, 0.3) is 0 Å². The molecule has 67 nitrogen and oxygen atoms in total. The number of rotatable bonds is 42. The zero-order valence-corrected chi connectivity index (χ0v) is 80.3. The van der Waals surface area contributed by atoms with Crippen LogP contribution in [0.25, 0.3) is 0 Å². The van der Waals surface area contributed by atoms with E-state index in [0.29, 0.717) is 0 Å². The molecular weight excluding hydrogens is 2050 g/mol. The quantitative estimate of drug-likeness (QED) is 0.0252. The average molecular weight is 2180 g/mol. The van der Waals surface area contributed by atoms with Crippen molar-refractivity contribution in [3.05, 3.63) is 0 Å². The van der Waals surface area contributed by atoms with Crippen molar-refractivity contribution in [3.63, 3.8) is 0 Å². The van der Waals surface area contributed by atoms with Crippen LogP contribution in [0.1, 0.15) is 41.5 Å². The van der Waals surface area contributed by atoms with Gasteiger partial charge in [0, 0.05) is 48.1 Å². The Labute approximate surface area is 836 Å². The second kappa shape index (κ2) is 53.9. The minimum Gasteiger partial charge on any atom is -0.479 e. The number of carbonyl (C=O) groups excluding carboxylic acids is 6. The van der Waals surface area contributed by atoms with Gasteiger partial charge in [-0.3, -0.25) is 37.8 Å². The van der Waals surface area contributed by atoms with Crippen LogP contribution in [-0.2, 0) is 147 Å². The highest BCUT2D eigenvalue weighted by atomic mass is 31.2. The second-order valence-electron chi connectivity index (χ2n) is 36.5. The zero-order valence-electron chi connectivity index (χ0n) is 79.4. The van der Waals surface area contributed by atoms with Crippen LogP contribution in [0, 0.1) is 0 Å². The second-order valence-corrected chi connectivity index (χ2v) is 37.9. The summed E-state index contributed by atoms with van der Waals surface area (Å²) in [5, 5.41) is 332. The smallest absolute Gasteiger partial charge is 0.472 e. The fourth-order valence-electron chi connectivity index (χ4n) is 18.6. The van der Waals surface area contributed by atoms with Crippen molar-refractivity contribution in [3.8, 4) is 0 Å². The molecule has 37 N–H and O–H groups in total. The van der Waals surface area contributed by atoms with Crippen LogP contribution in [0.4, 0.5) is 0 Å². The van der Waals surface area contributed by atoms with Gasteiger partial charge in [0.15, 0.2) is 75.3 Å². The number of carboxylic acid groups (broad SMARTS) is 1. The summed E-state index contributed by atoms with van der Waals surface area (Å²) >= 11 is 0. The highest BCUT2D eigenvalue weighted by Gasteiger charge is 2.64. The van der Waals surface area contributed by atoms with Gasteiger partial charge in [0.1, 0.15) is 262 Å². The molecule has 11 heterocycles. The van der Waals surface area contributed by atoms with Gasteiger partial charge in [-0.15, -0.1) is 0 Å². The number of aliphatic carboxylic acids is 1. The first kappa shape index (κ1) is 123. The Balaban J connectivity index is 0.946. The Morgan fingerprint density at radius 3 is 0.959 bits per heavy atom. The van der Waals surface area contributed by atoms with Gasteiger partial charge in [0.2, 0.25) is 35.4 Å². The molecule has 0 aromatic heterocycles. The molecule has 0 spiro atoms. The molecule has 11 aliphatic heterocycles. The zero-order chi connectivity index (χ0) is 109. The molecule has 1 unspecified atom stereocenters. The molecule has 6 amide bonds. The highest BCUT2D eigenvalue weighted by molar-refractivity contribution is 7.47. The number of aliphatic hydroxyl groups is 27. The first-order valence-corrected chi connectivity index (χ1v) is 48.0. The maximum absolute atomic E-state index is 13.7. The summed E-state index contributed by atoms with van der Waals surface area (Å²) in [4.78, 5) is 101. The maximum atomic E-state index is 13.7. The maximum Gasteiger partial charge on any atom is 0.472 e. The average Bonchev–Trinajstić information content (AvgIpc) is 0.725. The highest BCUT2D eigenvalue weighted by Crippen LogP contribution is 2.46. The largest absolute Gasteiger partial charge is 0.479 e. The normalized spacial score (nSPS) is 46.5. The lowest BCUT2D eigenvalue weighted by atomic mass is 9.93. The third-order valence-electron chi connectivity index (χ3n) is 26.0. The van der Waals surface area contributed by atoms with E-state index in [2.05, 4.69) is 31.9 Å². The summed E-state index contributed by atoms with van der Waals surface area (Å²) in [6.45, 7) is -8.01. The van der Waals surface area contributed by atoms with E-state index in [9.17, 15) is 186 Å². The van der Waals surface area contributed by atoms with E-state index in [4.69, 9.17) is 114 Å². The Morgan fingerprint density at radius 1 is 0.257 bits per heavy atom. The SMILES string of the molecule is CC(=O)N[C@@H]1[C@@H](O)[C@H](O[C@@H]2O[C@H](CO)[C@@H](O[C@@H]3O[C@H](CO[C@H]4O[C@H](CO)[C@@H](O)[C@H](O)[C@@H]4O[C@@H]4O[C@H](CO)[C@@H](O[C@@H]5O[C@H](CO)[C@H](O)[C@H](O)[C@H]5NC(C)=O)[C@H](O)[C@H]4NC(C)=O)[C@@H](O)[C@H](O[C@H]4O[C@H](CO)[C@@H](O)[C@H](O)[C@@H]4O[C@@H]4O[C@H](COP(=O)(O)OCCN)[C@@H](O[C@@H]5O[C@H](CO)[C@H](O)[C@H](O[C@@H]6O[C@H](CO)[C@H](O)[C@H](O[C@@H]7O[C@H](C(=O)O)[C@@H](O)[C@H](O)[C@H]7O)[C@H]6O)[C@H]5NC(C)=O)[C@H](O)[C@H]4NC(C)=O)[C@@H]3O)[C@H](O)[C@H]2NC(C)=O)[C@@H](CO)O[C@H]1O. The Morgan fingerprint density at radius 2 is 0.541 bits per heavy atom. The van der Waals surface area contributed by atoms with E-state index in [1.807, 2.05) is 0 Å². The number of hydrogen-bond donors (Lipinski definition) is 36. The van der Waals surface area contributed by atoms with Crippen LogP contribution in [0.2, 0.25) is 0 Å². The molecule has 11 rings (SSSR count). The van der Waals surface area contributed by atoms with Gasteiger partial charge in [-0.25, -0.2) is 9.36 Å². The lowest BCUT2D eigenvalue weighted by molar-refractivity contribution is -0.399. The minimum absolute atomic E-state index is 0.455. The van der Waals surface area contributed by atoms with Crippen LogP contribution in [0.3, 0.4) is 0 Å². The molecule has 0 radical (unpaired) electrons. The third-order valence-corrected chi connectivity index (χ3v) is 26.9. The summed E-state index contributed by atoms with van der Waals surface area (Å²) in [6, 6.07) is -11.9. The van der Waals surface area contributed by atoms with Crippen LogP contribution in [0.5, 0.6) is 0 Å². The first-order chi connectivity index (χ1) is 69.8. The van der Waals surface area contributed by atoms with Crippen LogP contribution in [0.15, 0.2) is 0 Å². The summed E-state index contributed by atoms with van der Waals surface area (Å²) < 4.78 is 150. The number of carboxylic acids is 1. The number of phosphoric ester groups is 1. The lowest BCUT2D eigenvalue weighted by Crippen LogP contribution is -2.71. The summed E-state index contributed by atoms with van der Waals surface area (Å²) in [5.41, 5.74) is 5.56. The van der Waals surface area contributed by atoms with Gasteiger partial charge in [-0.05, 0) is 0 Å². The van der Waals surface area contributed by atoms with Crippen molar-refractivity contribution < 1.29 is 295 Å². The number of amides is 6. The van der Waals surface area contributed by atoms with Gasteiger partial charge >= 0.3 is 13.8 Å². The van der Waals surface area contributed by atoms with E-state index in [-0.39, 0.29) is 0 Å². The molecular formula is C80H134N7O60P. The molecule has 11 fully saturated rings. The van der Waals surface area contributed by atoms with Crippen LogP contribution < -0.4 is 37.6 Å². The van der Waals surface area contributed by atoms with Gasteiger partial charge in [-0.2, -0.15) is 0 Å². The Hall–Kier alpha value is -5.56. The third kappa shape index (κ3) is 28.3. The number of nitrogens with two attached hydrogens (primary N) is 1. The van der Waals surface area contributed by atoms with E-state index in [0.717, 1.165) is 41.5 Å². The predicted octanol–water partition coefficient (Wildman–Crippen LogP) is -23.9. The Kier molecular flexibility index (Phi) is 44.7. The molecule has 11 aliphatic rings. The van der Waals surface area contributed by atoms with Crippen LogP contribution >= 0.6 is 7.82 Å². The number of aliphatic hydroxyl groups excluding tert-OH is 27. The fraction of sp³-hybridized carbons (Fsp3) is 0.912. The van der Waals surface area contributed by atoms with E-state index >= 15 is 0 Å². The molecule has 56 atom stereocenters. The van der Waals surface area contributed by atoms with E-state index < -0.39 is 466 Å². The fourth-order valence-corrected chi connectivity index (χ4v) is 19.3. The number of ether oxygens (including phenoxy) is 21. The molecule has 0 saturated carbocycles. The summed E-state index contributed by atoms with van der Waals surface area (Å²) in [7, 11) is -5.44. The number of hydrogen-bond acceptors (Lipinski definition) is 59. The minimum atomic E-state index is -5.44. The lowest BCUT2D eigenvalue weighted by Gasteiger charge is -2.52. The van der Waals surface area contributed by atoms with Crippen molar-refractivity contribution in [1.29, 1.82) is 0 Å². The first-order valence-electron chi connectivity index (χ1n) is 46.5. The topological polar surface area (TPSA) is 1030 Å². The number of phosphoric acid groups is 1. The van der Waals surface area contributed by atoms with Crippen molar-refractivity contribution in [2.45, 2.75) is 379 Å². The molecule has 0 aliphatic carbocycles. The summed E-state index contributed by atoms with van der Waals surface area (Å²) in [5.74, 6) is -7.83. The molecule has 0 bridgehead atoms. The van der Waals surface area contributed by atoms with Gasteiger partial charge < -0.3 is 285 Å². The van der Waals surface area contributed by atoms with Crippen molar-refractivity contribution in [2.75, 3.05) is 79.2 Å². The van der Waals surface area contributed by atoms with Crippen molar-refractivity contribution in [2.24, 2.45) is 5.73 Å². The van der Waals surface area contributed by atoms with Crippen LogP contribution in [-0.4, -0.2) is 606 Å².